The van der Waals surface area contributed by atoms with E-state index < -0.39 is 0 Å². The van der Waals surface area contributed by atoms with Gasteiger partial charge in [-0.2, -0.15) is 5.10 Å². The van der Waals surface area contributed by atoms with E-state index >= 15 is 0 Å². The third-order valence-electron chi connectivity index (χ3n) is 3.15. The van der Waals surface area contributed by atoms with Crippen molar-refractivity contribution in [3.05, 3.63) is 16.4 Å². The molecule has 7 heteroatoms. The Morgan fingerprint density at radius 1 is 1.78 bits per heavy atom. The van der Waals surface area contributed by atoms with Crippen LogP contribution in [0.1, 0.15) is 24.6 Å². The molecule has 1 aliphatic rings. The van der Waals surface area contributed by atoms with Crippen molar-refractivity contribution < 1.29 is 9.47 Å². The van der Waals surface area contributed by atoms with E-state index in [1.807, 2.05) is 4.68 Å². The van der Waals surface area contributed by atoms with Gasteiger partial charge in [-0.1, -0.05) is 0 Å². The van der Waals surface area contributed by atoms with Gasteiger partial charge < -0.3 is 9.47 Å². The number of hydrogen-bond acceptors (Lipinski definition) is 5. The summed E-state index contributed by atoms with van der Waals surface area (Å²) in [6, 6.07) is -0.0544. The van der Waals surface area contributed by atoms with Gasteiger partial charge in [0.1, 0.15) is 0 Å². The highest BCUT2D eigenvalue weighted by Gasteiger charge is 2.30. The van der Waals surface area contributed by atoms with Gasteiger partial charge in [0, 0.05) is 13.7 Å². The van der Waals surface area contributed by atoms with Gasteiger partial charge in [-0.3, -0.25) is 10.5 Å². The maximum absolute atomic E-state index is 5.71. The lowest BCUT2D eigenvalue weighted by Crippen LogP contribution is -2.38. The van der Waals surface area contributed by atoms with Crippen LogP contribution in [0.25, 0.3) is 0 Å². The van der Waals surface area contributed by atoms with Crippen LogP contribution in [0.3, 0.4) is 0 Å². The molecule has 1 aromatic heterocycles. The third-order valence-corrected chi connectivity index (χ3v) is 3.76. The Balaban J connectivity index is 2.20. The second-order valence-electron chi connectivity index (χ2n) is 4.29. The van der Waals surface area contributed by atoms with Gasteiger partial charge in [0.15, 0.2) is 0 Å². The summed E-state index contributed by atoms with van der Waals surface area (Å²) in [7, 11) is 1.68. The van der Waals surface area contributed by atoms with E-state index in [-0.39, 0.29) is 12.1 Å². The highest BCUT2D eigenvalue weighted by atomic mass is 79.9. The van der Waals surface area contributed by atoms with Crippen molar-refractivity contribution in [1.82, 2.24) is 15.2 Å². The summed E-state index contributed by atoms with van der Waals surface area (Å²) >= 11 is 3.52. The zero-order valence-corrected chi connectivity index (χ0v) is 12.0. The van der Waals surface area contributed by atoms with Gasteiger partial charge in [-0.25, -0.2) is 5.43 Å². The van der Waals surface area contributed by atoms with Crippen molar-refractivity contribution in [2.45, 2.75) is 31.5 Å². The van der Waals surface area contributed by atoms with E-state index in [2.05, 4.69) is 26.5 Å². The first kappa shape index (κ1) is 14.0. The van der Waals surface area contributed by atoms with Gasteiger partial charge in [0.05, 0.1) is 41.7 Å². The van der Waals surface area contributed by atoms with Crippen molar-refractivity contribution in [2.24, 2.45) is 5.84 Å². The fraction of sp³-hybridized carbons (Fsp3) is 0.727. The Labute approximate surface area is 115 Å². The van der Waals surface area contributed by atoms with Crippen LogP contribution < -0.4 is 11.3 Å². The Kier molecular flexibility index (Phi) is 5.13. The van der Waals surface area contributed by atoms with Crippen molar-refractivity contribution in [3.8, 4) is 0 Å². The number of aromatic nitrogens is 2. The molecule has 0 spiro atoms. The molecule has 0 amide bonds. The van der Waals surface area contributed by atoms with E-state index in [4.69, 9.17) is 15.3 Å². The fourth-order valence-electron chi connectivity index (χ4n) is 2.26. The number of nitrogens with one attached hydrogen (secondary N) is 1. The van der Waals surface area contributed by atoms with Crippen LogP contribution in [-0.4, -0.2) is 36.2 Å². The van der Waals surface area contributed by atoms with Crippen LogP contribution in [0, 0.1) is 0 Å². The first-order valence-corrected chi connectivity index (χ1v) is 6.85. The van der Waals surface area contributed by atoms with Gasteiger partial charge >= 0.3 is 0 Å². The number of ether oxygens (including phenoxy) is 2. The molecule has 3 N–H and O–H groups in total. The van der Waals surface area contributed by atoms with Crippen LogP contribution in [0.4, 0.5) is 0 Å². The molecule has 2 atom stereocenters. The lowest BCUT2D eigenvalue weighted by atomic mass is 10.1. The van der Waals surface area contributed by atoms with Gasteiger partial charge in [-0.15, -0.1) is 0 Å². The van der Waals surface area contributed by atoms with E-state index in [9.17, 15) is 0 Å². The number of hydrogen-bond donors (Lipinski definition) is 2. The SMILES string of the molecule is COCCn1ncc(Br)c1C(NN)C1CCCO1. The van der Waals surface area contributed by atoms with E-state index in [1.165, 1.54) is 0 Å². The summed E-state index contributed by atoms with van der Waals surface area (Å²) in [6.07, 6.45) is 3.97. The molecule has 0 aromatic carbocycles. The molecule has 6 nitrogen and oxygen atoms in total. The summed E-state index contributed by atoms with van der Waals surface area (Å²) < 4.78 is 13.6. The number of methoxy groups -OCH3 is 1. The summed E-state index contributed by atoms with van der Waals surface area (Å²) in [5, 5.41) is 4.33. The summed E-state index contributed by atoms with van der Waals surface area (Å²) in [5.41, 5.74) is 3.86. The Bertz CT molecular complexity index is 379. The Morgan fingerprint density at radius 3 is 3.22 bits per heavy atom. The molecule has 1 fully saturated rings. The molecular formula is C11H19BrN4O2. The summed E-state index contributed by atoms with van der Waals surface area (Å²) in [4.78, 5) is 0. The molecule has 2 unspecified atom stereocenters. The van der Waals surface area contributed by atoms with Gasteiger partial charge in [0.25, 0.3) is 0 Å². The Hall–Kier alpha value is -0.470. The average molecular weight is 319 g/mol. The van der Waals surface area contributed by atoms with Crippen molar-refractivity contribution in [2.75, 3.05) is 20.3 Å². The smallest absolute Gasteiger partial charge is 0.0901 e. The van der Waals surface area contributed by atoms with Gasteiger partial charge in [-0.05, 0) is 28.8 Å². The van der Waals surface area contributed by atoms with E-state index in [1.54, 1.807) is 13.3 Å². The molecule has 1 aliphatic heterocycles. The molecule has 0 bridgehead atoms. The minimum atomic E-state index is -0.0544. The minimum absolute atomic E-state index is 0.0544. The average Bonchev–Trinajstić information content (AvgIpc) is 3.00. The zero-order valence-electron chi connectivity index (χ0n) is 10.4. The largest absolute Gasteiger partial charge is 0.383 e. The number of nitrogens with zero attached hydrogens (tertiary/aromatic N) is 2. The minimum Gasteiger partial charge on any atom is -0.383 e. The van der Waals surface area contributed by atoms with Crippen LogP contribution >= 0.6 is 15.9 Å². The number of hydrazine groups is 1. The van der Waals surface area contributed by atoms with Crippen molar-refractivity contribution >= 4 is 15.9 Å². The lowest BCUT2D eigenvalue weighted by molar-refractivity contribution is 0.0744. The molecule has 0 aliphatic carbocycles. The topological polar surface area (TPSA) is 74.3 Å². The molecular weight excluding hydrogens is 300 g/mol. The van der Waals surface area contributed by atoms with Crippen LogP contribution in [0.5, 0.6) is 0 Å². The monoisotopic (exact) mass is 318 g/mol. The van der Waals surface area contributed by atoms with Gasteiger partial charge in [0.2, 0.25) is 0 Å². The van der Waals surface area contributed by atoms with Crippen molar-refractivity contribution in [3.63, 3.8) is 0 Å². The predicted octanol–water partition coefficient (Wildman–Crippen LogP) is 0.975. The van der Waals surface area contributed by atoms with Crippen molar-refractivity contribution in [1.29, 1.82) is 0 Å². The van der Waals surface area contributed by atoms with Crippen LogP contribution in [0.2, 0.25) is 0 Å². The van der Waals surface area contributed by atoms with E-state index in [0.29, 0.717) is 13.2 Å². The highest BCUT2D eigenvalue weighted by Crippen LogP contribution is 2.30. The molecule has 102 valence electrons. The molecule has 2 heterocycles. The standard InChI is InChI=1S/C11H19BrN4O2/c1-17-6-4-16-11(8(12)7-14-16)10(15-13)9-3-2-5-18-9/h7,9-10,15H,2-6,13H2,1H3. The molecule has 18 heavy (non-hydrogen) atoms. The zero-order chi connectivity index (χ0) is 13.0. The normalized spacial score (nSPS) is 21.4. The number of rotatable bonds is 6. The first-order chi connectivity index (χ1) is 8.77. The van der Waals surface area contributed by atoms with Crippen LogP contribution in [0.15, 0.2) is 10.7 Å². The lowest BCUT2D eigenvalue weighted by Gasteiger charge is -2.23. The molecule has 2 rings (SSSR count). The maximum Gasteiger partial charge on any atom is 0.0901 e. The molecule has 1 saturated heterocycles. The molecule has 0 radical (unpaired) electrons. The predicted molar refractivity (Wildman–Crippen MR) is 70.8 cm³/mol. The number of halogens is 1. The summed E-state index contributed by atoms with van der Waals surface area (Å²) in [5.74, 6) is 5.69. The second kappa shape index (κ2) is 6.63. The highest BCUT2D eigenvalue weighted by molar-refractivity contribution is 9.10. The quantitative estimate of drug-likeness (QED) is 0.604. The fourth-order valence-corrected chi connectivity index (χ4v) is 2.81. The third kappa shape index (κ3) is 2.92. The summed E-state index contributed by atoms with van der Waals surface area (Å²) in [6.45, 7) is 2.11. The number of nitrogens with two attached hydrogens (primary N) is 1. The Morgan fingerprint density at radius 2 is 2.61 bits per heavy atom. The molecule has 0 saturated carbocycles. The second-order valence-corrected chi connectivity index (χ2v) is 5.14. The van der Waals surface area contributed by atoms with Crippen LogP contribution in [-0.2, 0) is 16.0 Å². The first-order valence-electron chi connectivity index (χ1n) is 6.05. The van der Waals surface area contributed by atoms with E-state index in [0.717, 1.165) is 29.6 Å². The maximum atomic E-state index is 5.71. The molecule has 1 aromatic rings.